The van der Waals surface area contributed by atoms with E-state index in [1.54, 1.807) is 0 Å². The van der Waals surface area contributed by atoms with Crippen LogP contribution in [-0.4, -0.2) is 30.0 Å². The van der Waals surface area contributed by atoms with Gasteiger partial charge in [0.05, 0.1) is 23.7 Å². The van der Waals surface area contributed by atoms with Crippen LogP contribution in [0.1, 0.15) is 23.7 Å². The van der Waals surface area contributed by atoms with Crippen molar-refractivity contribution in [1.82, 2.24) is 10.3 Å². The molecule has 5 nitrogen and oxygen atoms in total. The van der Waals surface area contributed by atoms with Gasteiger partial charge in [0, 0.05) is 10.8 Å². The number of methoxy groups -OCH3 is 1. The first-order valence-electron chi connectivity index (χ1n) is 7.82. The Balaban J connectivity index is 2.15. The van der Waals surface area contributed by atoms with E-state index in [0.29, 0.717) is 12.0 Å². The summed E-state index contributed by atoms with van der Waals surface area (Å²) in [4.78, 5) is 29.3. The molecule has 0 aliphatic rings. The standard InChI is InChI=1S/C19H18N2O3/c1-3-14(19(23)24-2)21-18(22)17-12-8-4-6-10-15(12)20-16-11-7-5-9-13(16)17/h4-11,14H,3H2,1-2H3,(H,21,22)/t14-/m0/s1. The Morgan fingerprint density at radius 3 is 2.08 bits per heavy atom. The molecule has 0 fully saturated rings. The van der Waals surface area contributed by atoms with Gasteiger partial charge < -0.3 is 10.1 Å². The summed E-state index contributed by atoms with van der Waals surface area (Å²) in [6.07, 6.45) is 0.458. The summed E-state index contributed by atoms with van der Waals surface area (Å²) >= 11 is 0. The predicted molar refractivity (Wildman–Crippen MR) is 92.8 cm³/mol. The largest absolute Gasteiger partial charge is 0.467 e. The van der Waals surface area contributed by atoms with Gasteiger partial charge in [0.25, 0.3) is 5.91 Å². The molecule has 0 bridgehead atoms. The maximum atomic E-state index is 12.9. The zero-order valence-electron chi connectivity index (χ0n) is 13.6. The maximum Gasteiger partial charge on any atom is 0.328 e. The summed E-state index contributed by atoms with van der Waals surface area (Å²) < 4.78 is 4.75. The SMILES string of the molecule is CC[C@H](NC(=O)c1c2ccccc2nc2ccccc12)C(=O)OC. The fraction of sp³-hybridized carbons (Fsp3) is 0.211. The number of aromatic nitrogens is 1. The number of amides is 1. The summed E-state index contributed by atoms with van der Waals surface area (Å²) in [5.41, 5.74) is 2.01. The minimum atomic E-state index is -0.673. The average Bonchev–Trinajstić information content (AvgIpc) is 2.63. The highest BCUT2D eigenvalue weighted by Crippen LogP contribution is 2.26. The Morgan fingerprint density at radius 2 is 1.58 bits per heavy atom. The van der Waals surface area contributed by atoms with Crippen molar-refractivity contribution in [1.29, 1.82) is 0 Å². The number of fused-ring (bicyclic) bond motifs is 2. The van der Waals surface area contributed by atoms with E-state index in [2.05, 4.69) is 10.3 Å². The van der Waals surface area contributed by atoms with Crippen molar-refractivity contribution in [3.8, 4) is 0 Å². The number of esters is 1. The number of benzene rings is 2. The van der Waals surface area contributed by atoms with E-state index in [9.17, 15) is 9.59 Å². The number of carbonyl (C=O) groups excluding carboxylic acids is 2. The third kappa shape index (κ3) is 2.80. The number of nitrogens with one attached hydrogen (secondary N) is 1. The van der Waals surface area contributed by atoms with Crippen molar-refractivity contribution in [3.05, 3.63) is 54.1 Å². The number of hydrogen-bond donors (Lipinski definition) is 1. The second-order valence-corrected chi connectivity index (χ2v) is 5.48. The molecule has 3 aromatic rings. The van der Waals surface area contributed by atoms with Crippen molar-refractivity contribution in [2.45, 2.75) is 19.4 Å². The van der Waals surface area contributed by atoms with E-state index in [4.69, 9.17) is 4.74 Å². The van der Waals surface area contributed by atoms with Crippen LogP contribution in [0, 0.1) is 0 Å². The molecule has 0 aliphatic carbocycles. The quantitative estimate of drug-likeness (QED) is 0.592. The van der Waals surface area contributed by atoms with Crippen LogP contribution in [0.5, 0.6) is 0 Å². The highest BCUT2D eigenvalue weighted by molar-refractivity contribution is 6.16. The fourth-order valence-electron chi connectivity index (χ4n) is 2.78. The summed E-state index contributed by atoms with van der Waals surface area (Å²) in [6, 6.07) is 14.3. The van der Waals surface area contributed by atoms with Crippen LogP contribution in [0.2, 0.25) is 0 Å². The highest BCUT2D eigenvalue weighted by atomic mass is 16.5. The molecular weight excluding hydrogens is 304 g/mol. The Kier molecular flexibility index (Phi) is 4.42. The van der Waals surface area contributed by atoms with Crippen molar-refractivity contribution in [2.24, 2.45) is 0 Å². The first kappa shape index (κ1) is 15.9. The predicted octanol–water partition coefficient (Wildman–Crippen LogP) is 3.07. The minimum absolute atomic E-state index is 0.304. The van der Waals surface area contributed by atoms with Crippen LogP contribution in [-0.2, 0) is 9.53 Å². The molecule has 1 heterocycles. The van der Waals surface area contributed by atoms with E-state index in [0.717, 1.165) is 21.8 Å². The molecule has 0 aliphatic heterocycles. The first-order chi connectivity index (χ1) is 11.7. The second-order valence-electron chi connectivity index (χ2n) is 5.48. The van der Waals surface area contributed by atoms with Gasteiger partial charge in [-0.3, -0.25) is 4.79 Å². The fourth-order valence-corrected chi connectivity index (χ4v) is 2.78. The third-order valence-electron chi connectivity index (χ3n) is 4.01. The summed E-state index contributed by atoms with van der Waals surface area (Å²) in [7, 11) is 1.31. The van der Waals surface area contributed by atoms with E-state index < -0.39 is 12.0 Å². The van der Waals surface area contributed by atoms with Crippen LogP contribution < -0.4 is 5.32 Å². The van der Waals surface area contributed by atoms with Crippen molar-refractivity contribution >= 4 is 33.7 Å². The van der Waals surface area contributed by atoms with E-state index in [1.807, 2.05) is 55.5 Å². The molecule has 1 atom stereocenters. The molecule has 24 heavy (non-hydrogen) atoms. The molecule has 0 unspecified atom stereocenters. The Hall–Kier alpha value is -2.95. The van der Waals surface area contributed by atoms with Crippen LogP contribution in [0.25, 0.3) is 21.8 Å². The summed E-state index contributed by atoms with van der Waals surface area (Å²) in [5.74, 6) is -0.754. The lowest BCUT2D eigenvalue weighted by Crippen LogP contribution is -2.41. The molecule has 0 saturated carbocycles. The number of nitrogens with zero attached hydrogens (tertiary/aromatic N) is 1. The Labute approximate surface area is 139 Å². The van der Waals surface area contributed by atoms with E-state index in [1.165, 1.54) is 7.11 Å². The number of pyridine rings is 1. The first-order valence-corrected chi connectivity index (χ1v) is 7.82. The second kappa shape index (κ2) is 6.66. The lowest BCUT2D eigenvalue weighted by Gasteiger charge is -2.16. The molecule has 5 heteroatoms. The molecule has 0 radical (unpaired) electrons. The molecule has 3 rings (SSSR count). The number of hydrogen-bond acceptors (Lipinski definition) is 4. The molecule has 2 aromatic carbocycles. The van der Waals surface area contributed by atoms with E-state index in [-0.39, 0.29) is 5.91 Å². The lowest BCUT2D eigenvalue weighted by atomic mass is 10.0. The highest BCUT2D eigenvalue weighted by Gasteiger charge is 2.23. The maximum absolute atomic E-state index is 12.9. The summed E-state index contributed by atoms with van der Waals surface area (Å²) in [6.45, 7) is 1.82. The molecule has 122 valence electrons. The Bertz CT molecular complexity index is 867. The average molecular weight is 322 g/mol. The van der Waals surface area contributed by atoms with Gasteiger partial charge in [0.2, 0.25) is 0 Å². The van der Waals surface area contributed by atoms with Crippen LogP contribution in [0.4, 0.5) is 0 Å². The number of rotatable bonds is 4. The zero-order chi connectivity index (χ0) is 17.1. The molecule has 1 N–H and O–H groups in total. The smallest absolute Gasteiger partial charge is 0.328 e. The monoisotopic (exact) mass is 322 g/mol. The zero-order valence-corrected chi connectivity index (χ0v) is 13.6. The van der Waals surface area contributed by atoms with Crippen LogP contribution in [0.3, 0.4) is 0 Å². The van der Waals surface area contributed by atoms with Gasteiger partial charge in [-0.2, -0.15) is 0 Å². The van der Waals surface area contributed by atoms with Gasteiger partial charge in [-0.25, -0.2) is 9.78 Å². The van der Waals surface area contributed by atoms with Crippen molar-refractivity contribution in [2.75, 3.05) is 7.11 Å². The summed E-state index contributed by atoms with van der Waals surface area (Å²) in [5, 5.41) is 4.29. The molecule has 1 amide bonds. The van der Waals surface area contributed by atoms with E-state index >= 15 is 0 Å². The van der Waals surface area contributed by atoms with Gasteiger partial charge in [0.15, 0.2) is 0 Å². The van der Waals surface area contributed by atoms with Gasteiger partial charge in [-0.05, 0) is 18.6 Å². The molecular formula is C19H18N2O3. The van der Waals surface area contributed by atoms with Crippen LogP contribution in [0.15, 0.2) is 48.5 Å². The van der Waals surface area contributed by atoms with Gasteiger partial charge in [-0.1, -0.05) is 43.3 Å². The molecule has 1 aromatic heterocycles. The van der Waals surface area contributed by atoms with Crippen molar-refractivity contribution < 1.29 is 14.3 Å². The lowest BCUT2D eigenvalue weighted by molar-refractivity contribution is -0.142. The molecule has 0 spiro atoms. The van der Waals surface area contributed by atoms with Gasteiger partial charge in [0.1, 0.15) is 6.04 Å². The van der Waals surface area contributed by atoms with Crippen molar-refractivity contribution in [3.63, 3.8) is 0 Å². The van der Waals surface area contributed by atoms with Crippen LogP contribution >= 0.6 is 0 Å². The number of ether oxygens (including phenoxy) is 1. The minimum Gasteiger partial charge on any atom is -0.467 e. The van der Waals surface area contributed by atoms with Gasteiger partial charge in [-0.15, -0.1) is 0 Å². The molecule has 0 saturated heterocycles. The topological polar surface area (TPSA) is 68.3 Å². The normalized spacial score (nSPS) is 12.1. The van der Waals surface area contributed by atoms with Gasteiger partial charge >= 0.3 is 5.97 Å². The Morgan fingerprint density at radius 1 is 1.04 bits per heavy atom. The number of carbonyl (C=O) groups is 2. The third-order valence-corrected chi connectivity index (χ3v) is 4.01. The number of para-hydroxylation sites is 2.